The highest BCUT2D eigenvalue weighted by Crippen LogP contribution is 2.41. The maximum atomic E-state index is 6.00. The van der Waals surface area contributed by atoms with Gasteiger partial charge >= 0.3 is 0 Å². The molecular weight excluding hydrogens is 330 g/mol. The van der Waals surface area contributed by atoms with E-state index in [4.69, 9.17) is 9.47 Å². The van der Waals surface area contributed by atoms with Gasteiger partial charge in [-0.15, -0.1) is 0 Å². The van der Waals surface area contributed by atoms with Crippen LogP contribution in [0.5, 0.6) is 11.5 Å². The quantitative estimate of drug-likeness (QED) is 0.898. The topological polar surface area (TPSA) is 30.5 Å². The first-order valence-corrected chi connectivity index (χ1v) is 8.89. The molecule has 1 fully saturated rings. The van der Waals surface area contributed by atoms with Crippen molar-refractivity contribution in [2.24, 2.45) is 5.92 Å². The van der Waals surface area contributed by atoms with Crippen molar-refractivity contribution in [3.63, 3.8) is 0 Å². The Morgan fingerprint density at radius 1 is 1.19 bits per heavy atom. The van der Waals surface area contributed by atoms with E-state index in [9.17, 15) is 0 Å². The molecule has 1 aromatic carbocycles. The van der Waals surface area contributed by atoms with E-state index in [-0.39, 0.29) is 0 Å². The van der Waals surface area contributed by atoms with E-state index in [0.717, 1.165) is 63.0 Å². The second-order valence-corrected chi connectivity index (χ2v) is 6.80. The number of ether oxygens (including phenoxy) is 2. The number of nitrogens with one attached hydrogen (secondary N) is 1. The molecule has 0 radical (unpaired) electrons. The average Bonchev–Trinajstić information content (AvgIpc) is 2.74. The Hall–Kier alpha value is -0.740. The minimum atomic E-state index is 0.746. The summed E-state index contributed by atoms with van der Waals surface area (Å²) in [4.78, 5) is 0. The highest BCUT2D eigenvalue weighted by atomic mass is 79.9. The van der Waals surface area contributed by atoms with E-state index in [0.29, 0.717) is 0 Å². The number of benzene rings is 1. The fourth-order valence-electron chi connectivity index (χ4n) is 3.35. The molecule has 0 aromatic heterocycles. The lowest BCUT2D eigenvalue weighted by Gasteiger charge is -2.25. The fraction of sp³-hybridized carbons (Fsp3) is 0.647. The average molecular weight is 354 g/mol. The summed E-state index contributed by atoms with van der Waals surface area (Å²) in [6.07, 6.45) is 5.63. The second kappa shape index (κ2) is 7.01. The molecule has 0 atom stereocenters. The van der Waals surface area contributed by atoms with E-state index in [1.165, 1.54) is 28.4 Å². The predicted molar refractivity (Wildman–Crippen MR) is 88.4 cm³/mol. The van der Waals surface area contributed by atoms with Gasteiger partial charge in [0.25, 0.3) is 0 Å². The van der Waals surface area contributed by atoms with E-state index in [1.54, 1.807) is 0 Å². The standard InChI is InChI=1S/C17H24BrNO2/c1-2-13-14(10-12-4-6-19-7-5-12)15(18)11-16-17(13)21-9-3-8-20-16/h11-12,19H,2-10H2,1H3. The first-order chi connectivity index (χ1) is 10.3. The zero-order valence-corrected chi connectivity index (χ0v) is 14.3. The largest absolute Gasteiger partial charge is 0.490 e. The van der Waals surface area contributed by atoms with Crippen molar-refractivity contribution < 1.29 is 9.47 Å². The number of halogens is 1. The first-order valence-electron chi connectivity index (χ1n) is 8.10. The van der Waals surface area contributed by atoms with E-state index in [1.807, 2.05) is 0 Å². The summed E-state index contributed by atoms with van der Waals surface area (Å²) in [6, 6.07) is 2.11. The maximum absolute atomic E-state index is 6.00. The normalized spacial score (nSPS) is 19.3. The minimum Gasteiger partial charge on any atom is -0.490 e. The third-order valence-electron chi connectivity index (χ3n) is 4.51. The van der Waals surface area contributed by atoms with Gasteiger partial charge in [0.15, 0.2) is 11.5 Å². The summed E-state index contributed by atoms with van der Waals surface area (Å²) in [5.41, 5.74) is 2.76. The zero-order valence-electron chi connectivity index (χ0n) is 12.7. The van der Waals surface area contributed by atoms with Gasteiger partial charge in [-0.1, -0.05) is 22.9 Å². The van der Waals surface area contributed by atoms with Crippen LogP contribution in [0.15, 0.2) is 10.5 Å². The van der Waals surface area contributed by atoms with Gasteiger partial charge in [-0.05, 0) is 56.3 Å². The molecule has 1 N–H and O–H groups in total. The smallest absolute Gasteiger partial charge is 0.164 e. The maximum Gasteiger partial charge on any atom is 0.164 e. The minimum absolute atomic E-state index is 0.746. The Morgan fingerprint density at radius 2 is 1.95 bits per heavy atom. The third-order valence-corrected chi connectivity index (χ3v) is 5.21. The molecule has 116 valence electrons. The van der Waals surface area contributed by atoms with Gasteiger partial charge in [-0.2, -0.15) is 0 Å². The summed E-state index contributed by atoms with van der Waals surface area (Å²) in [5, 5.41) is 3.45. The monoisotopic (exact) mass is 353 g/mol. The molecule has 1 saturated heterocycles. The van der Waals surface area contributed by atoms with Crippen LogP contribution in [0.25, 0.3) is 0 Å². The Morgan fingerprint density at radius 3 is 2.71 bits per heavy atom. The van der Waals surface area contributed by atoms with Gasteiger partial charge in [0.2, 0.25) is 0 Å². The van der Waals surface area contributed by atoms with Crippen LogP contribution in [-0.4, -0.2) is 26.3 Å². The Balaban J connectivity index is 1.92. The molecule has 0 aliphatic carbocycles. The molecule has 2 heterocycles. The van der Waals surface area contributed by atoms with Crippen LogP contribution in [0, 0.1) is 5.92 Å². The highest BCUT2D eigenvalue weighted by Gasteiger charge is 2.23. The molecule has 0 bridgehead atoms. The van der Waals surface area contributed by atoms with Crippen LogP contribution in [0.2, 0.25) is 0 Å². The van der Waals surface area contributed by atoms with E-state index >= 15 is 0 Å². The third kappa shape index (κ3) is 3.37. The van der Waals surface area contributed by atoms with Gasteiger partial charge < -0.3 is 14.8 Å². The van der Waals surface area contributed by atoms with Crippen molar-refractivity contribution in [3.05, 3.63) is 21.7 Å². The van der Waals surface area contributed by atoms with Gasteiger partial charge in [0.05, 0.1) is 13.2 Å². The molecule has 0 saturated carbocycles. The van der Waals surface area contributed by atoms with Crippen molar-refractivity contribution >= 4 is 15.9 Å². The number of hydrogen-bond donors (Lipinski definition) is 1. The van der Waals surface area contributed by atoms with Crippen LogP contribution in [0.3, 0.4) is 0 Å². The van der Waals surface area contributed by atoms with Gasteiger partial charge in [-0.3, -0.25) is 0 Å². The SMILES string of the molecule is CCc1c(CC2CCNCC2)c(Br)cc2c1OCCCO2. The zero-order chi connectivity index (χ0) is 14.7. The van der Waals surface area contributed by atoms with Crippen molar-refractivity contribution in [2.45, 2.75) is 39.0 Å². The Bertz CT molecular complexity index is 498. The van der Waals surface area contributed by atoms with Crippen molar-refractivity contribution in [1.82, 2.24) is 5.32 Å². The van der Waals surface area contributed by atoms with Gasteiger partial charge in [0.1, 0.15) is 0 Å². The summed E-state index contributed by atoms with van der Waals surface area (Å²) < 4.78 is 13.0. The number of fused-ring (bicyclic) bond motifs is 1. The van der Waals surface area contributed by atoms with Gasteiger partial charge in [-0.25, -0.2) is 0 Å². The first kappa shape index (κ1) is 15.2. The molecule has 3 rings (SSSR count). The molecule has 2 aliphatic heterocycles. The Labute approximate surface area is 135 Å². The molecule has 2 aliphatic rings. The van der Waals surface area contributed by atoms with E-state index < -0.39 is 0 Å². The van der Waals surface area contributed by atoms with Crippen LogP contribution in [0.4, 0.5) is 0 Å². The van der Waals surface area contributed by atoms with Crippen molar-refractivity contribution in [1.29, 1.82) is 0 Å². The molecule has 0 unspecified atom stereocenters. The van der Waals surface area contributed by atoms with Gasteiger partial charge in [0, 0.05) is 16.5 Å². The lowest BCUT2D eigenvalue weighted by molar-refractivity contribution is 0.296. The Kier molecular flexibility index (Phi) is 5.07. The molecule has 1 aromatic rings. The molecule has 0 spiro atoms. The molecular formula is C17H24BrNO2. The van der Waals surface area contributed by atoms with Crippen LogP contribution in [-0.2, 0) is 12.8 Å². The summed E-state index contributed by atoms with van der Waals surface area (Å²) in [6.45, 7) is 6.01. The number of rotatable bonds is 3. The van der Waals surface area contributed by atoms with Crippen molar-refractivity contribution in [2.75, 3.05) is 26.3 Å². The lowest BCUT2D eigenvalue weighted by atomic mass is 9.88. The summed E-state index contributed by atoms with van der Waals surface area (Å²) in [5.74, 6) is 2.67. The molecule has 3 nitrogen and oxygen atoms in total. The van der Waals surface area contributed by atoms with Crippen LogP contribution >= 0.6 is 15.9 Å². The molecule has 4 heteroatoms. The van der Waals surface area contributed by atoms with Crippen LogP contribution in [0.1, 0.15) is 37.3 Å². The van der Waals surface area contributed by atoms with Crippen LogP contribution < -0.4 is 14.8 Å². The summed E-state index contributed by atoms with van der Waals surface area (Å²) >= 11 is 3.77. The number of piperidine rings is 1. The van der Waals surface area contributed by atoms with E-state index in [2.05, 4.69) is 34.2 Å². The molecule has 0 amide bonds. The molecule has 21 heavy (non-hydrogen) atoms. The highest BCUT2D eigenvalue weighted by molar-refractivity contribution is 9.10. The predicted octanol–water partition coefficient (Wildman–Crippen LogP) is 3.71. The second-order valence-electron chi connectivity index (χ2n) is 5.94. The summed E-state index contributed by atoms with van der Waals surface area (Å²) in [7, 11) is 0. The fourth-order valence-corrected chi connectivity index (χ4v) is 3.96. The lowest BCUT2D eigenvalue weighted by Crippen LogP contribution is -2.29. The van der Waals surface area contributed by atoms with Crippen molar-refractivity contribution in [3.8, 4) is 11.5 Å². The number of hydrogen-bond acceptors (Lipinski definition) is 3.